The highest BCUT2D eigenvalue weighted by molar-refractivity contribution is 6.73. The highest BCUT2D eigenvalue weighted by atomic mass is 35.5. The largest absolute Gasteiger partial charge is 0.412 e. The first-order chi connectivity index (χ1) is 7.03. The molecule has 0 aliphatic carbocycles. The molecule has 1 unspecified atom stereocenters. The van der Waals surface area contributed by atoms with Crippen LogP contribution < -0.4 is 5.73 Å². The summed E-state index contributed by atoms with van der Waals surface area (Å²) in [6.45, 7) is 10.9. The van der Waals surface area contributed by atoms with Gasteiger partial charge in [0.05, 0.1) is 6.10 Å². The number of nitrogens with two attached hydrogens (primary N) is 1. The van der Waals surface area contributed by atoms with Crippen LogP contribution in [0.15, 0.2) is 11.6 Å². The summed E-state index contributed by atoms with van der Waals surface area (Å²) in [5, 5.41) is 0.636. The monoisotopic (exact) mass is 249 g/mol. The topological polar surface area (TPSA) is 35.2 Å². The minimum absolute atomic E-state index is 0.0570. The standard InChI is InChI=1S/C11H24ClNOSi/c1-5-15(6-2,7-3)14-11(9-13)8-10(4)12/h11H,4-9,13H2,1-3H3. The molecule has 0 bridgehead atoms. The van der Waals surface area contributed by atoms with Gasteiger partial charge in [0.25, 0.3) is 0 Å². The lowest BCUT2D eigenvalue weighted by Gasteiger charge is -2.32. The fourth-order valence-corrected chi connectivity index (χ4v) is 4.83. The van der Waals surface area contributed by atoms with Crippen molar-refractivity contribution in [3.8, 4) is 0 Å². The maximum absolute atomic E-state index is 6.21. The van der Waals surface area contributed by atoms with Gasteiger partial charge in [-0.2, -0.15) is 0 Å². The summed E-state index contributed by atoms with van der Waals surface area (Å²) in [7, 11) is -1.55. The fraction of sp³-hybridized carbons (Fsp3) is 0.818. The summed E-state index contributed by atoms with van der Waals surface area (Å²) < 4.78 is 6.21. The Hall–Kier alpha value is 0.167. The van der Waals surface area contributed by atoms with Crippen molar-refractivity contribution < 1.29 is 4.43 Å². The summed E-state index contributed by atoms with van der Waals surface area (Å²) in [5.74, 6) is 0. The molecule has 1 atom stereocenters. The molecule has 90 valence electrons. The number of hydrogen-bond donors (Lipinski definition) is 1. The maximum Gasteiger partial charge on any atom is 0.192 e. The Kier molecular flexibility index (Phi) is 7.52. The molecule has 0 saturated heterocycles. The molecule has 15 heavy (non-hydrogen) atoms. The quantitative estimate of drug-likeness (QED) is 0.669. The molecule has 0 aromatic heterocycles. The third-order valence-corrected chi connectivity index (χ3v) is 7.92. The lowest BCUT2D eigenvalue weighted by atomic mass is 10.2. The van der Waals surface area contributed by atoms with E-state index in [2.05, 4.69) is 27.4 Å². The molecular formula is C11H24ClNOSi. The van der Waals surface area contributed by atoms with Gasteiger partial charge in [0.2, 0.25) is 0 Å². The summed E-state index contributed by atoms with van der Waals surface area (Å²) in [5.41, 5.74) is 5.69. The van der Waals surface area contributed by atoms with Crippen LogP contribution in [-0.2, 0) is 4.43 Å². The van der Waals surface area contributed by atoms with Gasteiger partial charge in [-0.05, 0) is 18.1 Å². The second kappa shape index (κ2) is 7.44. The average molecular weight is 250 g/mol. The van der Waals surface area contributed by atoms with Crippen LogP contribution in [0.5, 0.6) is 0 Å². The molecule has 0 spiro atoms. The molecule has 0 aromatic rings. The molecule has 0 aliphatic heterocycles. The van der Waals surface area contributed by atoms with Gasteiger partial charge in [0.1, 0.15) is 0 Å². The third kappa shape index (κ3) is 5.16. The Morgan fingerprint density at radius 1 is 1.33 bits per heavy atom. The minimum Gasteiger partial charge on any atom is -0.412 e. The second-order valence-electron chi connectivity index (χ2n) is 3.94. The summed E-state index contributed by atoms with van der Waals surface area (Å²) in [6.07, 6.45) is 0.730. The summed E-state index contributed by atoms with van der Waals surface area (Å²) >= 11 is 5.80. The van der Waals surface area contributed by atoms with Crippen molar-refractivity contribution in [3.05, 3.63) is 11.6 Å². The van der Waals surface area contributed by atoms with Crippen LogP contribution in [0.3, 0.4) is 0 Å². The van der Waals surface area contributed by atoms with E-state index >= 15 is 0 Å². The van der Waals surface area contributed by atoms with Crippen molar-refractivity contribution in [1.29, 1.82) is 0 Å². The van der Waals surface area contributed by atoms with Gasteiger partial charge in [-0.25, -0.2) is 0 Å². The fourth-order valence-electron chi connectivity index (χ4n) is 1.77. The van der Waals surface area contributed by atoms with Gasteiger partial charge in [-0.3, -0.25) is 0 Å². The molecule has 0 fully saturated rings. The van der Waals surface area contributed by atoms with E-state index in [-0.39, 0.29) is 6.10 Å². The van der Waals surface area contributed by atoms with Crippen molar-refractivity contribution in [2.24, 2.45) is 5.73 Å². The zero-order valence-corrected chi connectivity index (χ0v) is 11.9. The maximum atomic E-state index is 6.21. The van der Waals surface area contributed by atoms with E-state index in [4.69, 9.17) is 21.8 Å². The van der Waals surface area contributed by atoms with Crippen molar-refractivity contribution >= 4 is 19.9 Å². The third-order valence-electron chi connectivity index (χ3n) is 3.06. The molecule has 0 radical (unpaired) electrons. The first-order valence-electron chi connectivity index (χ1n) is 5.74. The van der Waals surface area contributed by atoms with Crippen LogP contribution in [0.2, 0.25) is 18.1 Å². The lowest BCUT2D eigenvalue weighted by Crippen LogP contribution is -2.42. The molecule has 0 aliphatic rings. The van der Waals surface area contributed by atoms with Gasteiger partial charge in [0.15, 0.2) is 8.32 Å². The smallest absolute Gasteiger partial charge is 0.192 e. The molecule has 0 aromatic carbocycles. The summed E-state index contributed by atoms with van der Waals surface area (Å²) in [4.78, 5) is 0. The van der Waals surface area contributed by atoms with E-state index in [1.807, 2.05) is 0 Å². The van der Waals surface area contributed by atoms with Crippen molar-refractivity contribution in [3.63, 3.8) is 0 Å². The molecule has 0 rings (SSSR count). The van der Waals surface area contributed by atoms with Gasteiger partial charge in [0, 0.05) is 18.0 Å². The molecular weight excluding hydrogens is 226 g/mol. The highest BCUT2D eigenvalue weighted by Gasteiger charge is 2.31. The van der Waals surface area contributed by atoms with Crippen molar-refractivity contribution in [2.75, 3.05) is 6.54 Å². The number of hydrogen-bond acceptors (Lipinski definition) is 2. The highest BCUT2D eigenvalue weighted by Crippen LogP contribution is 2.25. The first kappa shape index (κ1) is 15.2. The first-order valence-corrected chi connectivity index (χ1v) is 8.65. The summed E-state index contributed by atoms with van der Waals surface area (Å²) in [6, 6.07) is 3.43. The predicted octanol–water partition coefficient (Wildman–Crippen LogP) is 3.48. The Morgan fingerprint density at radius 2 is 1.80 bits per heavy atom. The van der Waals surface area contributed by atoms with Crippen molar-refractivity contribution in [2.45, 2.75) is 51.4 Å². The molecule has 0 amide bonds. The Morgan fingerprint density at radius 3 is 2.07 bits per heavy atom. The van der Waals surface area contributed by atoms with Crippen LogP contribution in [0.25, 0.3) is 0 Å². The van der Waals surface area contributed by atoms with E-state index < -0.39 is 8.32 Å². The zero-order valence-electron chi connectivity index (χ0n) is 10.2. The molecule has 4 heteroatoms. The molecule has 2 N–H and O–H groups in total. The average Bonchev–Trinajstić information content (AvgIpc) is 2.24. The van der Waals surface area contributed by atoms with Crippen LogP contribution >= 0.6 is 11.6 Å². The number of rotatable bonds is 8. The molecule has 2 nitrogen and oxygen atoms in total. The van der Waals surface area contributed by atoms with Crippen molar-refractivity contribution in [1.82, 2.24) is 0 Å². The van der Waals surface area contributed by atoms with E-state index in [0.717, 1.165) is 18.1 Å². The Bertz CT molecular complexity index is 187. The van der Waals surface area contributed by atoms with Gasteiger partial charge in [-0.1, -0.05) is 39.0 Å². The molecule has 0 heterocycles. The molecule has 0 saturated carbocycles. The lowest BCUT2D eigenvalue weighted by molar-refractivity contribution is 0.196. The normalized spacial score (nSPS) is 13.9. The van der Waals surface area contributed by atoms with E-state index in [9.17, 15) is 0 Å². The van der Waals surface area contributed by atoms with Gasteiger partial charge >= 0.3 is 0 Å². The van der Waals surface area contributed by atoms with Gasteiger partial charge in [-0.15, -0.1) is 0 Å². The SMILES string of the molecule is C=C(Cl)CC(CN)O[Si](CC)(CC)CC. The predicted molar refractivity (Wildman–Crippen MR) is 70.7 cm³/mol. The van der Waals surface area contributed by atoms with E-state index in [0.29, 0.717) is 18.0 Å². The van der Waals surface area contributed by atoms with Crippen LogP contribution in [0.1, 0.15) is 27.2 Å². The Balaban J connectivity index is 4.40. The van der Waals surface area contributed by atoms with Crippen LogP contribution in [0.4, 0.5) is 0 Å². The number of halogens is 1. The van der Waals surface area contributed by atoms with Crippen LogP contribution in [-0.4, -0.2) is 21.0 Å². The minimum atomic E-state index is -1.55. The second-order valence-corrected chi connectivity index (χ2v) is 9.20. The van der Waals surface area contributed by atoms with E-state index in [1.165, 1.54) is 0 Å². The van der Waals surface area contributed by atoms with Crippen LogP contribution in [0, 0.1) is 0 Å². The Labute approximate surface area is 100.0 Å². The van der Waals surface area contributed by atoms with E-state index in [1.54, 1.807) is 0 Å². The zero-order chi connectivity index (χ0) is 11.9. The van der Waals surface area contributed by atoms with Gasteiger partial charge < -0.3 is 10.2 Å².